The van der Waals surface area contributed by atoms with E-state index < -0.39 is 0 Å². The minimum atomic E-state index is -0.160. The molecule has 0 radical (unpaired) electrons. The number of hydrogen-bond acceptors (Lipinski definition) is 3. The number of anilines is 1. The van der Waals surface area contributed by atoms with Crippen molar-refractivity contribution in [1.82, 2.24) is 4.98 Å². The Hall–Kier alpha value is -3.18. The van der Waals surface area contributed by atoms with Crippen LogP contribution in [0.15, 0.2) is 54.6 Å². The van der Waals surface area contributed by atoms with Crippen LogP contribution in [0.1, 0.15) is 22.0 Å². The molecule has 0 aliphatic carbocycles. The van der Waals surface area contributed by atoms with Gasteiger partial charge in [0.15, 0.2) is 0 Å². The Morgan fingerprint density at radius 2 is 1.97 bits per heavy atom. The minimum absolute atomic E-state index is 0.0000288. The van der Waals surface area contributed by atoms with E-state index in [1.54, 1.807) is 18.1 Å². The molecule has 5 nitrogen and oxygen atoms in total. The quantitative estimate of drug-likeness (QED) is 0.469. The highest BCUT2D eigenvalue weighted by Gasteiger charge is 2.35. The standard InChI is InChI=1S/C23H19ClN2O3/c1-29-21-8-4-7-17-16(21)9-18(25-17)23(28)26-12-13(11-24)22-15-6-3-2-5-14(15)20(27)10-19(22)26/h2-10,13,25,27H,11-12H2,1H3/t13-/m1/s1. The lowest BCUT2D eigenvalue weighted by molar-refractivity contribution is 0.0984. The number of nitrogens with zero attached hydrogens (tertiary/aromatic N) is 1. The third kappa shape index (κ3) is 2.65. The molecule has 1 atom stereocenters. The Bertz CT molecular complexity index is 1260. The van der Waals surface area contributed by atoms with Crippen molar-refractivity contribution < 1.29 is 14.6 Å². The average Bonchev–Trinajstić information content (AvgIpc) is 3.35. The summed E-state index contributed by atoms with van der Waals surface area (Å²) in [6.45, 7) is 0.470. The second-order valence-corrected chi connectivity index (χ2v) is 7.55. The molecule has 0 bridgehead atoms. The Morgan fingerprint density at radius 3 is 2.72 bits per heavy atom. The van der Waals surface area contributed by atoms with Gasteiger partial charge in [0.1, 0.15) is 17.2 Å². The number of aromatic hydroxyl groups is 1. The van der Waals surface area contributed by atoms with Gasteiger partial charge in [-0.2, -0.15) is 0 Å². The van der Waals surface area contributed by atoms with Crippen molar-refractivity contribution in [3.63, 3.8) is 0 Å². The van der Waals surface area contributed by atoms with Gasteiger partial charge in [-0.1, -0.05) is 30.3 Å². The van der Waals surface area contributed by atoms with E-state index in [-0.39, 0.29) is 17.6 Å². The summed E-state index contributed by atoms with van der Waals surface area (Å²) in [7, 11) is 1.61. The van der Waals surface area contributed by atoms with Crippen molar-refractivity contribution in [3.8, 4) is 11.5 Å². The number of halogens is 1. The van der Waals surface area contributed by atoms with Gasteiger partial charge in [0.25, 0.3) is 5.91 Å². The zero-order chi connectivity index (χ0) is 20.1. The van der Waals surface area contributed by atoms with Crippen LogP contribution in [0.2, 0.25) is 0 Å². The first-order valence-electron chi connectivity index (χ1n) is 9.40. The largest absolute Gasteiger partial charge is 0.507 e. The SMILES string of the molecule is COc1cccc2[nH]c(C(=O)N3C[C@@H](CCl)c4c3cc(O)c3ccccc43)cc12. The lowest BCUT2D eigenvalue weighted by Gasteiger charge is -2.17. The molecule has 0 saturated heterocycles. The maximum atomic E-state index is 13.4. The van der Waals surface area contributed by atoms with Gasteiger partial charge < -0.3 is 19.7 Å². The molecule has 2 heterocycles. The second-order valence-electron chi connectivity index (χ2n) is 7.25. The number of fused-ring (bicyclic) bond motifs is 4. The van der Waals surface area contributed by atoms with Crippen LogP contribution in [-0.2, 0) is 0 Å². The topological polar surface area (TPSA) is 65.6 Å². The van der Waals surface area contributed by atoms with Crippen LogP contribution in [0, 0.1) is 0 Å². The Balaban J connectivity index is 1.64. The summed E-state index contributed by atoms with van der Waals surface area (Å²) < 4.78 is 5.41. The van der Waals surface area contributed by atoms with Gasteiger partial charge in [-0.05, 0) is 29.1 Å². The van der Waals surface area contributed by atoms with Crippen molar-refractivity contribution in [3.05, 3.63) is 65.9 Å². The third-order valence-electron chi connectivity index (χ3n) is 5.65. The molecule has 0 fully saturated rings. The number of methoxy groups -OCH3 is 1. The summed E-state index contributed by atoms with van der Waals surface area (Å²) in [4.78, 5) is 18.3. The number of nitrogens with one attached hydrogen (secondary N) is 1. The Morgan fingerprint density at radius 1 is 1.17 bits per heavy atom. The van der Waals surface area contributed by atoms with Gasteiger partial charge in [0.05, 0.1) is 12.8 Å². The van der Waals surface area contributed by atoms with Crippen LogP contribution in [-0.4, -0.2) is 35.5 Å². The smallest absolute Gasteiger partial charge is 0.274 e. The van der Waals surface area contributed by atoms with Crippen molar-refractivity contribution in [1.29, 1.82) is 0 Å². The van der Waals surface area contributed by atoms with Crippen molar-refractivity contribution in [2.45, 2.75) is 5.92 Å². The second kappa shape index (κ2) is 6.71. The molecule has 0 saturated carbocycles. The van der Waals surface area contributed by atoms with Gasteiger partial charge in [-0.15, -0.1) is 11.6 Å². The number of ether oxygens (including phenoxy) is 1. The highest BCUT2D eigenvalue weighted by Crippen LogP contribution is 2.45. The summed E-state index contributed by atoms with van der Waals surface area (Å²) in [5.41, 5.74) is 3.03. The van der Waals surface area contributed by atoms with Gasteiger partial charge in [0.2, 0.25) is 0 Å². The predicted molar refractivity (Wildman–Crippen MR) is 116 cm³/mol. The molecule has 4 aromatic rings. The number of hydrogen-bond donors (Lipinski definition) is 2. The molecule has 29 heavy (non-hydrogen) atoms. The van der Waals surface area contributed by atoms with E-state index in [0.717, 1.165) is 27.2 Å². The fraction of sp³-hybridized carbons (Fsp3) is 0.174. The minimum Gasteiger partial charge on any atom is -0.507 e. The summed E-state index contributed by atoms with van der Waals surface area (Å²) in [6.07, 6.45) is 0. The van der Waals surface area contributed by atoms with E-state index in [9.17, 15) is 9.90 Å². The monoisotopic (exact) mass is 406 g/mol. The molecule has 1 amide bonds. The van der Waals surface area contributed by atoms with E-state index in [0.29, 0.717) is 29.6 Å². The summed E-state index contributed by atoms with van der Waals surface area (Å²) in [5, 5.41) is 13.1. The number of benzene rings is 3. The number of aromatic nitrogens is 1. The Labute approximate surface area is 172 Å². The predicted octanol–water partition coefficient (Wildman–Crippen LogP) is 5.02. The lowest BCUT2D eigenvalue weighted by Crippen LogP contribution is -2.30. The van der Waals surface area contributed by atoms with Crippen molar-refractivity contribution in [2.24, 2.45) is 0 Å². The number of aromatic amines is 1. The summed E-state index contributed by atoms with van der Waals surface area (Å²) in [5.74, 6) is 1.10. The molecule has 146 valence electrons. The summed E-state index contributed by atoms with van der Waals surface area (Å²) >= 11 is 6.27. The Kier molecular flexibility index (Phi) is 4.14. The number of H-pyrrole nitrogens is 1. The number of phenols is 1. The van der Waals surface area contributed by atoms with Crippen LogP contribution in [0.5, 0.6) is 11.5 Å². The molecule has 1 aliphatic heterocycles. The molecule has 1 aromatic heterocycles. The molecular formula is C23H19ClN2O3. The number of alkyl halides is 1. The van der Waals surface area contributed by atoms with Gasteiger partial charge in [0, 0.05) is 40.7 Å². The maximum Gasteiger partial charge on any atom is 0.274 e. The first-order valence-corrected chi connectivity index (χ1v) is 9.94. The fourth-order valence-corrected chi connectivity index (χ4v) is 4.56. The van der Waals surface area contributed by atoms with Gasteiger partial charge in [-0.3, -0.25) is 4.79 Å². The molecule has 0 spiro atoms. The molecule has 5 rings (SSSR count). The number of rotatable bonds is 3. The van der Waals surface area contributed by atoms with Gasteiger partial charge in [-0.25, -0.2) is 0 Å². The zero-order valence-electron chi connectivity index (χ0n) is 15.8. The zero-order valence-corrected chi connectivity index (χ0v) is 16.5. The van der Waals surface area contributed by atoms with E-state index in [2.05, 4.69) is 4.98 Å². The highest BCUT2D eigenvalue weighted by atomic mass is 35.5. The van der Waals surface area contributed by atoms with Crippen LogP contribution in [0.4, 0.5) is 5.69 Å². The third-order valence-corrected chi connectivity index (χ3v) is 6.02. The van der Waals surface area contributed by atoms with E-state index in [1.165, 1.54) is 0 Å². The highest BCUT2D eigenvalue weighted by molar-refractivity contribution is 6.19. The number of carbonyl (C=O) groups is 1. The van der Waals surface area contributed by atoms with Crippen molar-refractivity contribution >= 4 is 44.9 Å². The van der Waals surface area contributed by atoms with E-state index in [4.69, 9.17) is 16.3 Å². The average molecular weight is 407 g/mol. The molecule has 2 N–H and O–H groups in total. The molecule has 0 unspecified atom stereocenters. The number of carbonyl (C=O) groups excluding carboxylic acids is 1. The first kappa shape index (κ1) is 17.9. The maximum absolute atomic E-state index is 13.4. The first-order chi connectivity index (χ1) is 14.1. The summed E-state index contributed by atoms with van der Waals surface area (Å²) in [6, 6.07) is 16.8. The molecule has 1 aliphatic rings. The van der Waals surface area contributed by atoms with E-state index in [1.807, 2.05) is 48.5 Å². The molecule has 3 aromatic carbocycles. The fourth-order valence-electron chi connectivity index (χ4n) is 4.31. The van der Waals surface area contributed by atoms with Crippen LogP contribution >= 0.6 is 11.6 Å². The normalized spacial score (nSPS) is 15.8. The number of amides is 1. The van der Waals surface area contributed by atoms with Crippen LogP contribution in [0.3, 0.4) is 0 Å². The molecular weight excluding hydrogens is 388 g/mol. The molecule has 6 heteroatoms. The lowest BCUT2D eigenvalue weighted by atomic mass is 9.95. The van der Waals surface area contributed by atoms with Crippen molar-refractivity contribution in [2.75, 3.05) is 24.4 Å². The van der Waals surface area contributed by atoms with Gasteiger partial charge >= 0.3 is 0 Å². The van der Waals surface area contributed by atoms with E-state index >= 15 is 0 Å². The van der Waals surface area contributed by atoms with Crippen LogP contribution < -0.4 is 9.64 Å². The number of phenolic OH excluding ortho intramolecular Hbond substituents is 1. The van der Waals surface area contributed by atoms with Crippen LogP contribution in [0.25, 0.3) is 21.7 Å².